The van der Waals surface area contributed by atoms with Gasteiger partial charge >= 0.3 is 13.2 Å². The summed E-state index contributed by atoms with van der Waals surface area (Å²) < 4.78 is 5.37. The lowest BCUT2D eigenvalue weighted by Crippen LogP contribution is -2.49. The van der Waals surface area contributed by atoms with Gasteiger partial charge in [-0.05, 0) is 35.7 Å². The maximum Gasteiger partial charge on any atom is 0.475 e. The van der Waals surface area contributed by atoms with Crippen LogP contribution in [0.2, 0.25) is 0 Å². The summed E-state index contributed by atoms with van der Waals surface area (Å²) in [5, 5.41) is 31.2. The number of nitrogens with zero attached hydrogens (tertiary/aromatic N) is 2. The minimum atomic E-state index is -1.75. The number of rotatable bonds is 7. The van der Waals surface area contributed by atoms with Crippen LogP contribution in [0.3, 0.4) is 0 Å². The number of nitriles is 1. The number of allylic oxidation sites excluding steroid dienone is 1. The fraction of sp³-hybridized carbons (Fsp3) is 0.522. The van der Waals surface area contributed by atoms with Crippen molar-refractivity contribution in [1.29, 1.82) is 5.26 Å². The van der Waals surface area contributed by atoms with Gasteiger partial charge in [0, 0.05) is 6.54 Å². The van der Waals surface area contributed by atoms with Gasteiger partial charge in [-0.15, -0.1) is 0 Å². The lowest BCUT2D eigenvalue weighted by atomic mass is 9.76. The highest BCUT2D eigenvalue weighted by Gasteiger charge is 2.54. The number of fused-ring (bicyclic) bond motifs is 1. The first-order chi connectivity index (χ1) is 15.1. The second-order valence-electron chi connectivity index (χ2n) is 9.67. The van der Waals surface area contributed by atoms with Crippen LogP contribution in [0.1, 0.15) is 32.8 Å². The molecule has 2 amide bonds. The Labute approximate surface area is 189 Å². The number of carbonyl (C=O) groups excluding carboxylic acids is 2. The van der Waals surface area contributed by atoms with Crippen LogP contribution in [0.25, 0.3) is 0 Å². The van der Waals surface area contributed by atoms with Gasteiger partial charge in [0.1, 0.15) is 18.2 Å². The summed E-state index contributed by atoms with van der Waals surface area (Å²) >= 11 is 0. The maximum atomic E-state index is 13.0. The number of benzene rings is 1. The Morgan fingerprint density at radius 2 is 2.03 bits per heavy atom. The lowest BCUT2D eigenvalue weighted by molar-refractivity contribution is -0.129. The summed E-state index contributed by atoms with van der Waals surface area (Å²) in [5.41, 5.74) is 0.627. The molecular weight excluding hydrogens is 409 g/mol. The van der Waals surface area contributed by atoms with Crippen molar-refractivity contribution < 1.29 is 24.4 Å². The van der Waals surface area contributed by atoms with Crippen molar-refractivity contribution in [3.8, 4) is 6.07 Å². The monoisotopic (exact) mass is 439 g/mol. The van der Waals surface area contributed by atoms with Crippen LogP contribution >= 0.6 is 0 Å². The normalized spacial score (nSPS) is 23.1. The van der Waals surface area contributed by atoms with E-state index in [4.69, 9.17) is 4.74 Å². The Morgan fingerprint density at radius 3 is 2.62 bits per heavy atom. The molecule has 1 saturated heterocycles. The molecule has 2 fully saturated rings. The summed E-state index contributed by atoms with van der Waals surface area (Å²) in [6, 6.07) is 10.9. The van der Waals surface area contributed by atoms with E-state index in [-0.39, 0.29) is 41.9 Å². The van der Waals surface area contributed by atoms with Crippen LogP contribution in [0, 0.1) is 28.6 Å². The van der Waals surface area contributed by atoms with Gasteiger partial charge in [-0.2, -0.15) is 5.26 Å². The van der Waals surface area contributed by atoms with E-state index in [9.17, 15) is 24.9 Å². The average molecular weight is 439 g/mol. The molecule has 1 aromatic carbocycles. The molecule has 2 aliphatic rings. The molecule has 3 rings (SSSR count). The lowest BCUT2D eigenvalue weighted by Gasteiger charge is -2.28. The SMILES string of the molecule is CC(C)(C)C=C(C#N)C(=O)N1C[C@H]2C[C@H]2[C@@H]1COC(=O)NC(Cc1ccccc1)B(O)O. The number of likely N-dealkylation sites (tertiary alicyclic amines) is 1. The standard InChI is InChI=1S/C23H30BN3O5/c1-23(2,3)11-17(12-25)21(28)27-13-16-10-18(16)19(27)14-32-22(29)26-20(24(30)31)9-15-7-5-4-6-8-15/h4-8,11,16,18-20,30-31H,9-10,13-14H2,1-3H3,(H,26,29)/t16-,18-,19+,20?/m1/s1. The zero-order valence-corrected chi connectivity index (χ0v) is 18.7. The van der Waals surface area contributed by atoms with Crippen molar-refractivity contribution >= 4 is 19.1 Å². The van der Waals surface area contributed by atoms with E-state index < -0.39 is 19.2 Å². The van der Waals surface area contributed by atoms with Crippen LogP contribution in [0.15, 0.2) is 42.0 Å². The molecule has 1 aliphatic heterocycles. The molecule has 9 heteroatoms. The number of piperidine rings is 1. The fourth-order valence-electron chi connectivity index (χ4n) is 4.20. The first-order valence-electron chi connectivity index (χ1n) is 10.9. The predicted octanol–water partition coefficient (Wildman–Crippen LogP) is 1.68. The third-order valence-electron chi connectivity index (χ3n) is 5.84. The molecule has 1 heterocycles. The van der Waals surface area contributed by atoms with Crippen LogP contribution in [-0.2, 0) is 16.0 Å². The van der Waals surface area contributed by atoms with Crippen LogP contribution in [-0.4, -0.2) is 59.2 Å². The molecule has 1 aliphatic carbocycles. The number of hydrogen-bond acceptors (Lipinski definition) is 6. The van der Waals surface area contributed by atoms with Gasteiger partial charge in [-0.3, -0.25) is 4.79 Å². The van der Waals surface area contributed by atoms with Gasteiger partial charge in [0.25, 0.3) is 5.91 Å². The van der Waals surface area contributed by atoms with E-state index in [0.717, 1.165) is 12.0 Å². The molecule has 0 aromatic heterocycles. The van der Waals surface area contributed by atoms with E-state index >= 15 is 0 Å². The topological polar surface area (TPSA) is 123 Å². The van der Waals surface area contributed by atoms with E-state index in [1.807, 2.05) is 57.2 Å². The third-order valence-corrected chi connectivity index (χ3v) is 5.84. The summed E-state index contributed by atoms with van der Waals surface area (Å²) in [5.74, 6) is -0.642. The summed E-state index contributed by atoms with van der Waals surface area (Å²) in [7, 11) is -1.75. The first kappa shape index (κ1) is 23.8. The van der Waals surface area contributed by atoms with Gasteiger partial charge in [-0.25, -0.2) is 4.79 Å². The molecule has 170 valence electrons. The molecule has 8 nitrogen and oxygen atoms in total. The molecule has 4 atom stereocenters. The van der Waals surface area contributed by atoms with Crippen molar-refractivity contribution in [1.82, 2.24) is 10.2 Å². The van der Waals surface area contributed by atoms with Gasteiger partial charge in [0.15, 0.2) is 0 Å². The zero-order chi connectivity index (χ0) is 23.5. The van der Waals surface area contributed by atoms with Crippen molar-refractivity contribution in [2.75, 3.05) is 13.2 Å². The van der Waals surface area contributed by atoms with Gasteiger partial charge in [0.2, 0.25) is 0 Å². The maximum absolute atomic E-state index is 13.0. The summed E-state index contributed by atoms with van der Waals surface area (Å²) in [4.78, 5) is 26.9. The number of amides is 2. The number of nitrogens with one attached hydrogen (secondary N) is 1. The van der Waals surface area contributed by atoms with Gasteiger partial charge in [-0.1, -0.05) is 57.2 Å². The Balaban J connectivity index is 1.59. The van der Waals surface area contributed by atoms with Gasteiger partial charge in [0.05, 0.1) is 12.0 Å². The molecule has 3 N–H and O–H groups in total. The van der Waals surface area contributed by atoms with E-state index in [1.165, 1.54) is 0 Å². The Bertz CT molecular complexity index is 906. The molecule has 1 aromatic rings. The second kappa shape index (κ2) is 9.76. The Morgan fingerprint density at radius 1 is 1.34 bits per heavy atom. The Kier molecular flexibility index (Phi) is 7.27. The highest BCUT2D eigenvalue weighted by molar-refractivity contribution is 6.43. The van der Waals surface area contributed by atoms with E-state index in [0.29, 0.717) is 12.5 Å². The van der Waals surface area contributed by atoms with E-state index in [2.05, 4.69) is 5.32 Å². The minimum Gasteiger partial charge on any atom is -0.447 e. The Hall–Kier alpha value is -2.83. The van der Waals surface area contributed by atoms with Crippen LogP contribution in [0.5, 0.6) is 0 Å². The van der Waals surface area contributed by atoms with Crippen molar-refractivity contribution in [3.05, 3.63) is 47.5 Å². The fourth-order valence-corrected chi connectivity index (χ4v) is 4.20. The molecular formula is C23H30BN3O5. The third kappa shape index (κ3) is 6.12. The molecule has 1 unspecified atom stereocenters. The number of hydrogen-bond donors (Lipinski definition) is 3. The molecule has 0 bridgehead atoms. The van der Waals surface area contributed by atoms with Crippen LogP contribution < -0.4 is 5.32 Å². The average Bonchev–Trinajstić information content (AvgIpc) is 3.41. The minimum absolute atomic E-state index is 0.00739. The van der Waals surface area contributed by atoms with Crippen molar-refractivity contribution in [3.63, 3.8) is 0 Å². The highest BCUT2D eigenvalue weighted by atomic mass is 16.5. The zero-order valence-electron chi connectivity index (χ0n) is 18.7. The second-order valence-corrected chi connectivity index (χ2v) is 9.67. The highest BCUT2D eigenvalue weighted by Crippen LogP contribution is 2.50. The number of carbonyl (C=O) groups is 2. The predicted molar refractivity (Wildman–Crippen MR) is 119 cm³/mol. The smallest absolute Gasteiger partial charge is 0.447 e. The van der Waals surface area contributed by atoms with Crippen molar-refractivity contribution in [2.24, 2.45) is 17.3 Å². The molecule has 0 radical (unpaired) electrons. The van der Waals surface area contributed by atoms with Crippen molar-refractivity contribution in [2.45, 2.75) is 45.6 Å². The van der Waals surface area contributed by atoms with Crippen LogP contribution in [0.4, 0.5) is 4.79 Å². The molecule has 1 saturated carbocycles. The first-order valence-corrected chi connectivity index (χ1v) is 10.9. The van der Waals surface area contributed by atoms with E-state index in [1.54, 1.807) is 11.0 Å². The summed E-state index contributed by atoms with van der Waals surface area (Å²) in [6.45, 7) is 6.31. The molecule has 0 spiro atoms. The quantitative estimate of drug-likeness (QED) is 0.338. The largest absolute Gasteiger partial charge is 0.475 e. The number of alkyl carbamates (subject to hydrolysis) is 1. The van der Waals surface area contributed by atoms with Gasteiger partial charge < -0.3 is 25.0 Å². The number of ether oxygens (including phenoxy) is 1. The molecule has 32 heavy (non-hydrogen) atoms. The summed E-state index contributed by atoms with van der Waals surface area (Å²) in [6.07, 6.45) is 2.09.